The quantitative estimate of drug-likeness (QED) is 0.723. The third-order valence-electron chi connectivity index (χ3n) is 0.264. The molecule has 9 heavy (non-hydrogen) atoms. The van der Waals surface area contributed by atoms with Gasteiger partial charge in [0, 0.05) is 26.2 Å². The van der Waals surface area contributed by atoms with Gasteiger partial charge in [0.15, 0.2) is 0 Å². The molecule has 0 heterocycles. The first kappa shape index (κ1) is 16.7. The molecular formula is C3H8Cl2O3Zr. The van der Waals surface area contributed by atoms with Crippen LogP contribution in [-0.4, -0.2) is 22.9 Å². The Hall–Kier alpha value is 1.34. The molecule has 0 saturated carbocycles. The van der Waals surface area contributed by atoms with Gasteiger partial charge in [-0.3, -0.25) is 0 Å². The van der Waals surface area contributed by atoms with Gasteiger partial charge in [-0.1, -0.05) is 0 Å². The van der Waals surface area contributed by atoms with Crippen LogP contribution in [0.4, 0.5) is 0 Å². The Bertz CT molecular complexity index is 38.2. The van der Waals surface area contributed by atoms with Crippen LogP contribution in [0.1, 0.15) is 6.92 Å². The second-order valence-corrected chi connectivity index (χ2v) is 1.56. The predicted molar refractivity (Wildman–Crippen MR) is 31.6 cm³/mol. The first-order chi connectivity index (χ1) is 3.68. The standard InChI is InChI=1S/C3H8O2.Cl2O.Zr/c1-3(5)2-4;1-3-2;/h3-5H,2H2,1H3;;. The average Bonchev–Trinajstić information content (AvgIpc) is 1.69. The molecule has 0 fully saturated rings. The van der Waals surface area contributed by atoms with E-state index >= 15 is 0 Å². The molecule has 0 amide bonds. The Labute approximate surface area is 83.4 Å². The van der Waals surface area contributed by atoms with Gasteiger partial charge in [0.05, 0.1) is 36.4 Å². The Balaban J connectivity index is -0.0000000800. The molecule has 0 aromatic heterocycles. The van der Waals surface area contributed by atoms with Crippen LogP contribution < -0.4 is 0 Å². The van der Waals surface area contributed by atoms with Gasteiger partial charge in [-0.25, -0.2) is 0 Å². The first-order valence-corrected chi connectivity index (χ1v) is 2.49. The maximum Gasteiger partial charge on any atom is 0.0832 e. The van der Waals surface area contributed by atoms with Gasteiger partial charge >= 0.3 is 0 Å². The zero-order chi connectivity index (χ0) is 6.99. The second-order valence-electron chi connectivity index (χ2n) is 1.09. The van der Waals surface area contributed by atoms with E-state index in [1.54, 1.807) is 0 Å². The predicted octanol–water partition coefficient (Wildman–Crippen LogP) is 0.668. The van der Waals surface area contributed by atoms with Crippen molar-refractivity contribution in [1.29, 1.82) is 0 Å². The van der Waals surface area contributed by atoms with Crippen LogP contribution in [0, 0.1) is 0 Å². The molecular weight excluding hydrogens is 246 g/mol. The summed E-state index contributed by atoms with van der Waals surface area (Å²) in [6, 6.07) is 0. The first-order valence-electron chi connectivity index (χ1n) is 1.87. The molecule has 0 aliphatic heterocycles. The van der Waals surface area contributed by atoms with Crippen molar-refractivity contribution in [2.24, 2.45) is 0 Å². The van der Waals surface area contributed by atoms with Crippen LogP contribution in [-0.2, 0) is 30.0 Å². The van der Waals surface area contributed by atoms with E-state index in [9.17, 15) is 0 Å². The summed E-state index contributed by atoms with van der Waals surface area (Å²) >= 11 is 8.53. The van der Waals surface area contributed by atoms with Crippen molar-refractivity contribution in [2.45, 2.75) is 13.0 Å². The molecule has 1 atom stereocenters. The third-order valence-corrected chi connectivity index (χ3v) is 0.264. The van der Waals surface area contributed by atoms with E-state index < -0.39 is 6.10 Å². The van der Waals surface area contributed by atoms with Gasteiger partial charge in [-0.15, -0.1) is 0 Å². The molecule has 2 N–H and O–H groups in total. The minimum Gasteiger partial charge on any atom is -0.394 e. The molecule has 0 rings (SSSR count). The van der Waals surface area contributed by atoms with Crippen molar-refractivity contribution in [2.75, 3.05) is 6.61 Å². The Morgan fingerprint density at radius 1 is 1.56 bits per heavy atom. The fraction of sp³-hybridized carbons (Fsp3) is 1.00. The van der Waals surface area contributed by atoms with E-state index in [0.717, 1.165) is 0 Å². The van der Waals surface area contributed by atoms with E-state index in [1.807, 2.05) is 0 Å². The zero-order valence-corrected chi connectivity index (χ0v) is 8.81. The fourth-order valence-electron chi connectivity index (χ4n) is 0. The molecule has 6 heteroatoms. The Morgan fingerprint density at radius 2 is 1.67 bits per heavy atom. The minimum absolute atomic E-state index is 0. The number of rotatable bonds is 1. The fourth-order valence-corrected chi connectivity index (χ4v) is 0. The summed E-state index contributed by atoms with van der Waals surface area (Å²) in [5.74, 6) is 0. The van der Waals surface area contributed by atoms with Crippen LogP contribution in [0.5, 0.6) is 0 Å². The zero-order valence-electron chi connectivity index (χ0n) is 4.84. The number of hydrogen-bond acceptors (Lipinski definition) is 3. The van der Waals surface area contributed by atoms with Crippen LogP contribution in [0.25, 0.3) is 0 Å². The van der Waals surface area contributed by atoms with E-state index in [4.69, 9.17) is 10.2 Å². The Morgan fingerprint density at radius 3 is 1.67 bits per heavy atom. The van der Waals surface area contributed by atoms with Gasteiger partial charge in [0.1, 0.15) is 0 Å². The summed E-state index contributed by atoms with van der Waals surface area (Å²) in [7, 11) is 0. The van der Waals surface area contributed by atoms with Crippen molar-refractivity contribution >= 4 is 23.7 Å². The molecule has 0 aromatic carbocycles. The average molecular weight is 254 g/mol. The van der Waals surface area contributed by atoms with Crippen LogP contribution in [0.3, 0.4) is 0 Å². The topological polar surface area (TPSA) is 49.7 Å². The maximum absolute atomic E-state index is 8.11. The van der Waals surface area contributed by atoms with Crippen LogP contribution in [0.15, 0.2) is 0 Å². The van der Waals surface area contributed by atoms with Crippen molar-refractivity contribution in [3.8, 4) is 0 Å². The molecule has 0 aromatic rings. The monoisotopic (exact) mass is 252 g/mol. The van der Waals surface area contributed by atoms with E-state index in [-0.39, 0.29) is 32.8 Å². The molecule has 0 radical (unpaired) electrons. The molecule has 1 unspecified atom stereocenters. The van der Waals surface area contributed by atoms with E-state index in [0.29, 0.717) is 0 Å². The molecule has 0 saturated heterocycles. The van der Waals surface area contributed by atoms with Gasteiger partial charge < -0.3 is 10.2 Å². The van der Waals surface area contributed by atoms with E-state index in [2.05, 4.69) is 27.6 Å². The van der Waals surface area contributed by atoms with Crippen molar-refractivity contribution in [3.63, 3.8) is 0 Å². The summed E-state index contributed by atoms with van der Waals surface area (Å²) in [5.41, 5.74) is 0. The number of hydrogen-bond donors (Lipinski definition) is 2. The summed E-state index contributed by atoms with van der Waals surface area (Å²) < 4.78 is 3.19. The van der Waals surface area contributed by atoms with Gasteiger partial charge in [-0.05, 0) is 6.92 Å². The van der Waals surface area contributed by atoms with Gasteiger partial charge in [-0.2, -0.15) is 3.84 Å². The largest absolute Gasteiger partial charge is 0.394 e. The Kier molecular flexibility index (Phi) is 30.1. The van der Waals surface area contributed by atoms with Crippen LogP contribution >= 0.6 is 23.7 Å². The molecule has 3 nitrogen and oxygen atoms in total. The molecule has 0 spiro atoms. The van der Waals surface area contributed by atoms with Gasteiger partial charge in [0.2, 0.25) is 0 Å². The molecule has 0 bridgehead atoms. The molecule has 0 aliphatic rings. The van der Waals surface area contributed by atoms with Crippen molar-refractivity contribution in [3.05, 3.63) is 0 Å². The van der Waals surface area contributed by atoms with Crippen molar-refractivity contribution < 1.29 is 40.3 Å². The SMILES string of the molecule is CC(O)CO.ClOCl.[Zr]. The summed E-state index contributed by atoms with van der Waals surface area (Å²) in [5, 5.41) is 16.0. The minimum atomic E-state index is -0.560. The summed E-state index contributed by atoms with van der Waals surface area (Å²) in [4.78, 5) is 0. The summed E-state index contributed by atoms with van der Waals surface area (Å²) in [6.45, 7) is 1.39. The smallest absolute Gasteiger partial charge is 0.0832 e. The van der Waals surface area contributed by atoms with E-state index in [1.165, 1.54) is 6.92 Å². The molecule has 0 aliphatic carbocycles. The third kappa shape index (κ3) is 45.1. The number of aliphatic hydroxyl groups excluding tert-OH is 2. The molecule has 56 valence electrons. The maximum atomic E-state index is 8.11. The number of aliphatic hydroxyl groups is 2. The second kappa shape index (κ2) is 16.2. The van der Waals surface area contributed by atoms with Crippen LogP contribution in [0.2, 0.25) is 0 Å². The van der Waals surface area contributed by atoms with Crippen molar-refractivity contribution in [1.82, 2.24) is 0 Å². The number of halogens is 2. The normalized spacial score (nSPS) is 10.3. The van der Waals surface area contributed by atoms with Gasteiger partial charge in [0.25, 0.3) is 0 Å². The summed E-state index contributed by atoms with van der Waals surface area (Å²) in [6.07, 6.45) is -0.560.